The van der Waals surface area contributed by atoms with Gasteiger partial charge in [0.2, 0.25) is 0 Å². The molecule has 0 saturated carbocycles. The number of fused-ring (bicyclic) bond motifs is 1. The molecule has 25 heavy (non-hydrogen) atoms. The minimum atomic E-state index is 0.509. The molecule has 1 saturated heterocycles. The number of ether oxygens (including phenoxy) is 1. The van der Waals surface area contributed by atoms with Gasteiger partial charge in [-0.05, 0) is 18.1 Å². The van der Waals surface area contributed by atoms with E-state index in [0.717, 1.165) is 57.4 Å². The van der Waals surface area contributed by atoms with E-state index in [1.807, 2.05) is 6.07 Å². The fraction of sp³-hybridized carbons (Fsp3) is 0.474. The summed E-state index contributed by atoms with van der Waals surface area (Å²) in [6.45, 7) is 5.28. The third-order valence-corrected chi connectivity index (χ3v) is 5.12. The Morgan fingerprint density at radius 1 is 1.16 bits per heavy atom. The molecule has 1 atom stereocenters. The topological polar surface area (TPSA) is 53.5 Å². The van der Waals surface area contributed by atoms with Gasteiger partial charge in [0.25, 0.3) is 0 Å². The first-order chi connectivity index (χ1) is 12.3. The second kappa shape index (κ2) is 7.27. The van der Waals surface area contributed by atoms with E-state index in [2.05, 4.69) is 56.4 Å². The molecule has 6 heteroatoms. The van der Waals surface area contributed by atoms with Crippen molar-refractivity contribution in [3.8, 4) is 0 Å². The predicted molar refractivity (Wildman–Crippen MR) is 101 cm³/mol. The Morgan fingerprint density at radius 3 is 2.88 bits per heavy atom. The van der Waals surface area contributed by atoms with Gasteiger partial charge in [-0.15, -0.1) is 0 Å². The van der Waals surface area contributed by atoms with Crippen molar-refractivity contribution in [2.24, 2.45) is 0 Å². The molecule has 2 aromatic rings. The summed E-state index contributed by atoms with van der Waals surface area (Å²) in [4.78, 5) is 13.4. The number of nitrogens with one attached hydrogen (secondary N) is 1. The lowest BCUT2D eigenvalue weighted by Gasteiger charge is -2.33. The van der Waals surface area contributed by atoms with Crippen LogP contribution in [0.25, 0.3) is 0 Å². The Hall–Kier alpha value is -2.34. The van der Waals surface area contributed by atoms with Crippen LogP contribution in [-0.4, -0.2) is 56.4 Å². The summed E-state index contributed by atoms with van der Waals surface area (Å²) in [5.74, 6) is 2.38. The van der Waals surface area contributed by atoms with Crippen molar-refractivity contribution in [1.82, 2.24) is 9.97 Å². The Kier molecular flexibility index (Phi) is 4.70. The van der Waals surface area contributed by atoms with Gasteiger partial charge in [0, 0.05) is 50.9 Å². The highest BCUT2D eigenvalue weighted by atomic mass is 16.5. The zero-order chi connectivity index (χ0) is 17.1. The zero-order valence-electron chi connectivity index (χ0n) is 14.7. The highest BCUT2D eigenvalue weighted by molar-refractivity contribution is 5.57. The van der Waals surface area contributed by atoms with Gasteiger partial charge in [0.1, 0.15) is 18.0 Å². The van der Waals surface area contributed by atoms with Gasteiger partial charge in [-0.3, -0.25) is 0 Å². The second-order valence-electron chi connectivity index (χ2n) is 6.71. The highest BCUT2D eigenvalue weighted by Crippen LogP contribution is 2.34. The fourth-order valence-corrected chi connectivity index (χ4v) is 3.65. The molecule has 0 aliphatic carbocycles. The van der Waals surface area contributed by atoms with Crippen molar-refractivity contribution in [2.75, 3.05) is 61.6 Å². The van der Waals surface area contributed by atoms with Crippen molar-refractivity contribution in [3.63, 3.8) is 0 Å². The lowest BCUT2D eigenvalue weighted by molar-refractivity contribution is 0.122. The first-order valence-corrected chi connectivity index (χ1v) is 9.00. The van der Waals surface area contributed by atoms with Crippen molar-refractivity contribution in [2.45, 2.75) is 12.3 Å². The van der Waals surface area contributed by atoms with Crippen LogP contribution in [0.2, 0.25) is 0 Å². The molecule has 0 radical (unpaired) electrons. The quantitative estimate of drug-likeness (QED) is 0.923. The number of rotatable bonds is 4. The van der Waals surface area contributed by atoms with Crippen LogP contribution in [0.15, 0.2) is 36.7 Å². The van der Waals surface area contributed by atoms with Gasteiger partial charge in [0.05, 0.1) is 13.2 Å². The van der Waals surface area contributed by atoms with Crippen LogP contribution in [0.1, 0.15) is 17.9 Å². The molecule has 4 rings (SSSR count). The van der Waals surface area contributed by atoms with Gasteiger partial charge in [-0.1, -0.05) is 18.2 Å². The molecule has 2 aliphatic rings. The Bertz CT molecular complexity index is 716. The number of benzene rings is 1. The van der Waals surface area contributed by atoms with Crippen LogP contribution in [0.4, 0.5) is 17.3 Å². The molecule has 0 amide bonds. The summed E-state index contributed by atoms with van der Waals surface area (Å²) in [5.41, 5.74) is 2.77. The number of aromatic nitrogens is 2. The predicted octanol–water partition coefficient (Wildman–Crippen LogP) is 2.35. The Balaban J connectivity index is 1.44. The van der Waals surface area contributed by atoms with E-state index in [1.54, 1.807) is 6.33 Å². The molecule has 3 heterocycles. The van der Waals surface area contributed by atoms with Crippen molar-refractivity contribution in [1.29, 1.82) is 0 Å². The van der Waals surface area contributed by atoms with Gasteiger partial charge in [-0.25, -0.2) is 9.97 Å². The summed E-state index contributed by atoms with van der Waals surface area (Å²) >= 11 is 0. The SMILES string of the molecule is CN1CCC(CNc2cc(N3CCOCC3)ncn2)c2ccccc21. The summed E-state index contributed by atoms with van der Waals surface area (Å²) in [5, 5.41) is 3.52. The molecule has 1 unspecified atom stereocenters. The molecule has 6 nitrogen and oxygen atoms in total. The smallest absolute Gasteiger partial charge is 0.134 e. The lowest BCUT2D eigenvalue weighted by atomic mass is 9.90. The van der Waals surface area contributed by atoms with Crippen LogP contribution < -0.4 is 15.1 Å². The van der Waals surface area contributed by atoms with Gasteiger partial charge < -0.3 is 19.9 Å². The van der Waals surface area contributed by atoms with E-state index in [9.17, 15) is 0 Å². The molecule has 0 bridgehead atoms. The lowest BCUT2D eigenvalue weighted by Crippen LogP contribution is -2.36. The molecule has 1 N–H and O–H groups in total. The van der Waals surface area contributed by atoms with E-state index >= 15 is 0 Å². The van der Waals surface area contributed by atoms with Crippen LogP contribution >= 0.6 is 0 Å². The maximum absolute atomic E-state index is 5.42. The third-order valence-electron chi connectivity index (χ3n) is 5.12. The monoisotopic (exact) mass is 339 g/mol. The largest absolute Gasteiger partial charge is 0.378 e. The number of para-hydroxylation sites is 1. The average molecular weight is 339 g/mol. The number of hydrogen-bond donors (Lipinski definition) is 1. The summed E-state index contributed by atoms with van der Waals surface area (Å²) < 4.78 is 5.42. The van der Waals surface area contributed by atoms with Crippen LogP contribution in [-0.2, 0) is 4.74 Å². The van der Waals surface area contributed by atoms with Gasteiger partial charge >= 0.3 is 0 Å². The Morgan fingerprint density at radius 2 is 2.00 bits per heavy atom. The minimum Gasteiger partial charge on any atom is -0.378 e. The first kappa shape index (κ1) is 16.1. The second-order valence-corrected chi connectivity index (χ2v) is 6.71. The standard InChI is InChI=1S/C19H25N5O/c1-23-7-6-15(16-4-2-3-5-17(16)23)13-20-18-12-19(22-14-21-18)24-8-10-25-11-9-24/h2-5,12,14-15H,6-11,13H2,1H3,(H,20,21,22). The zero-order valence-corrected chi connectivity index (χ0v) is 14.7. The highest BCUT2D eigenvalue weighted by Gasteiger charge is 2.22. The average Bonchev–Trinajstić information content (AvgIpc) is 2.69. The van der Waals surface area contributed by atoms with Gasteiger partial charge in [0.15, 0.2) is 0 Å². The number of hydrogen-bond acceptors (Lipinski definition) is 6. The van der Waals surface area contributed by atoms with E-state index in [0.29, 0.717) is 5.92 Å². The van der Waals surface area contributed by atoms with Crippen LogP contribution in [0, 0.1) is 0 Å². The first-order valence-electron chi connectivity index (χ1n) is 9.00. The summed E-state index contributed by atoms with van der Waals surface area (Å²) in [6.07, 6.45) is 2.80. The number of nitrogens with zero attached hydrogens (tertiary/aromatic N) is 4. The fourth-order valence-electron chi connectivity index (χ4n) is 3.65. The molecular weight excluding hydrogens is 314 g/mol. The maximum Gasteiger partial charge on any atom is 0.134 e. The molecule has 132 valence electrons. The van der Waals surface area contributed by atoms with Gasteiger partial charge in [-0.2, -0.15) is 0 Å². The molecular formula is C19H25N5O. The van der Waals surface area contributed by atoms with E-state index in [4.69, 9.17) is 4.74 Å². The van der Waals surface area contributed by atoms with Crippen molar-refractivity contribution in [3.05, 3.63) is 42.2 Å². The van der Waals surface area contributed by atoms with Crippen molar-refractivity contribution < 1.29 is 4.74 Å². The molecule has 2 aliphatic heterocycles. The number of morpholine rings is 1. The Labute approximate surface area is 148 Å². The maximum atomic E-state index is 5.42. The normalized spacial score (nSPS) is 20.3. The molecule has 1 aromatic heterocycles. The van der Waals surface area contributed by atoms with Crippen LogP contribution in [0.3, 0.4) is 0 Å². The van der Waals surface area contributed by atoms with E-state index in [-0.39, 0.29) is 0 Å². The summed E-state index contributed by atoms with van der Waals surface area (Å²) in [6, 6.07) is 10.8. The number of anilines is 3. The third kappa shape index (κ3) is 3.54. The molecule has 1 fully saturated rings. The van der Waals surface area contributed by atoms with Crippen LogP contribution in [0.5, 0.6) is 0 Å². The molecule has 1 aromatic carbocycles. The van der Waals surface area contributed by atoms with E-state index in [1.165, 1.54) is 11.3 Å². The summed E-state index contributed by atoms with van der Waals surface area (Å²) in [7, 11) is 2.17. The minimum absolute atomic E-state index is 0.509. The van der Waals surface area contributed by atoms with E-state index < -0.39 is 0 Å². The molecule has 0 spiro atoms. The van der Waals surface area contributed by atoms with Crippen molar-refractivity contribution >= 4 is 17.3 Å².